The van der Waals surface area contributed by atoms with E-state index in [0.717, 1.165) is 11.8 Å². The Kier molecular flexibility index (Phi) is 5.46. The number of rotatable bonds is 5. The molecule has 1 saturated heterocycles. The van der Waals surface area contributed by atoms with Crippen molar-refractivity contribution in [1.29, 1.82) is 0 Å². The number of thioether (sulfide) groups is 1. The fraction of sp³-hybridized carbons (Fsp3) is 1.00. The van der Waals surface area contributed by atoms with Crippen LogP contribution in [0.3, 0.4) is 0 Å². The average Bonchev–Trinajstić information content (AvgIpc) is 2.11. The molecule has 0 aromatic carbocycles. The van der Waals surface area contributed by atoms with Crippen molar-refractivity contribution in [2.75, 3.05) is 5.75 Å². The Bertz CT molecular complexity index is 278. The molecule has 0 spiro atoms. The van der Waals surface area contributed by atoms with Gasteiger partial charge < -0.3 is 5.32 Å². The summed E-state index contributed by atoms with van der Waals surface area (Å²) < 4.78 is 0.442. The van der Waals surface area contributed by atoms with Gasteiger partial charge in [-0.1, -0.05) is 27.7 Å². The standard InChI is InChI=1S/C17H35NS/c1-9-19-17(14(4)10-13(2)3)11-15(5,6)18-16(7,8)12-17/h13-14,18H,9-12H2,1-8H3. The van der Waals surface area contributed by atoms with Crippen LogP contribution in [0.15, 0.2) is 0 Å². The van der Waals surface area contributed by atoms with E-state index in [1.54, 1.807) is 0 Å². The van der Waals surface area contributed by atoms with Crippen LogP contribution in [0.2, 0.25) is 0 Å². The Labute approximate surface area is 125 Å². The first-order valence-electron chi connectivity index (χ1n) is 7.95. The lowest BCUT2D eigenvalue weighted by molar-refractivity contribution is 0.113. The summed E-state index contributed by atoms with van der Waals surface area (Å²) in [5.41, 5.74) is 0.490. The molecular weight excluding hydrogens is 250 g/mol. The second-order valence-electron chi connectivity index (χ2n) is 8.27. The topological polar surface area (TPSA) is 12.0 Å². The van der Waals surface area contributed by atoms with Crippen molar-refractivity contribution in [3.8, 4) is 0 Å². The van der Waals surface area contributed by atoms with Gasteiger partial charge in [-0.25, -0.2) is 0 Å². The fourth-order valence-corrected chi connectivity index (χ4v) is 6.25. The SMILES string of the molecule is CCSC1(C(C)CC(C)C)CC(C)(C)NC(C)(C)C1. The van der Waals surface area contributed by atoms with Crippen molar-refractivity contribution in [1.82, 2.24) is 5.32 Å². The Balaban J connectivity index is 3.02. The van der Waals surface area contributed by atoms with Crippen molar-refractivity contribution < 1.29 is 0 Å². The summed E-state index contributed by atoms with van der Waals surface area (Å²) in [5.74, 6) is 2.82. The van der Waals surface area contributed by atoms with E-state index >= 15 is 0 Å². The second-order valence-corrected chi connectivity index (χ2v) is 9.95. The van der Waals surface area contributed by atoms with E-state index in [1.807, 2.05) is 0 Å². The molecule has 0 bridgehead atoms. The Morgan fingerprint density at radius 3 is 1.84 bits per heavy atom. The third kappa shape index (κ3) is 4.67. The normalized spacial score (nSPS) is 26.4. The van der Waals surface area contributed by atoms with Gasteiger partial charge in [0.15, 0.2) is 0 Å². The molecule has 2 heteroatoms. The molecule has 0 aromatic heterocycles. The van der Waals surface area contributed by atoms with Gasteiger partial charge in [-0.15, -0.1) is 0 Å². The van der Waals surface area contributed by atoms with Gasteiger partial charge in [-0.3, -0.25) is 0 Å². The van der Waals surface area contributed by atoms with Crippen molar-refractivity contribution in [2.45, 2.75) is 90.5 Å². The van der Waals surface area contributed by atoms with Crippen molar-refractivity contribution in [3.05, 3.63) is 0 Å². The maximum Gasteiger partial charge on any atom is 0.0220 e. The Morgan fingerprint density at radius 2 is 1.47 bits per heavy atom. The van der Waals surface area contributed by atoms with Gasteiger partial charge in [0, 0.05) is 15.8 Å². The van der Waals surface area contributed by atoms with Crippen LogP contribution in [-0.4, -0.2) is 21.6 Å². The lowest BCUT2D eigenvalue weighted by Crippen LogP contribution is -2.64. The highest BCUT2D eigenvalue weighted by Gasteiger charge is 2.49. The summed E-state index contributed by atoms with van der Waals surface area (Å²) in [6, 6.07) is 0. The van der Waals surface area contributed by atoms with Crippen LogP contribution < -0.4 is 5.32 Å². The van der Waals surface area contributed by atoms with Crippen LogP contribution in [0.4, 0.5) is 0 Å². The number of piperidine rings is 1. The smallest absolute Gasteiger partial charge is 0.0220 e. The van der Waals surface area contributed by atoms with Gasteiger partial charge in [0.2, 0.25) is 0 Å². The molecule has 0 radical (unpaired) electrons. The van der Waals surface area contributed by atoms with Crippen LogP contribution in [0.25, 0.3) is 0 Å². The quantitative estimate of drug-likeness (QED) is 0.754. The summed E-state index contributed by atoms with van der Waals surface area (Å²) in [7, 11) is 0. The first-order valence-corrected chi connectivity index (χ1v) is 8.94. The van der Waals surface area contributed by atoms with Crippen LogP contribution in [0, 0.1) is 11.8 Å². The van der Waals surface area contributed by atoms with Crippen LogP contribution >= 0.6 is 11.8 Å². The van der Waals surface area contributed by atoms with E-state index < -0.39 is 0 Å². The van der Waals surface area contributed by atoms with Gasteiger partial charge in [-0.2, -0.15) is 11.8 Å². The van der Waals surface area contributed by atoms with Crippen molar-refractivity contribution in [2.24, 2.45) is 11.8 Å². The Hall–Kier alpha value is 0.310. The molecule has 1 aliphatic heterocycles. The molecule has 1 unspecified atom stereocenters. The first-order chi connectivity index (χ1) is 8.52. The summed E-state index contributed by atoms with van der Waals surface area (Å²) in [5, 5.41) is 3.84. The fourth-order valence-electron chi connectivity index (χ4n) is 4.37. The van der Waals surface area contributed by atoms with Gasteiger partial charge >= 0.3 is 0 Å². The summed E-state index contributed by atoms with van der Waals surface area (Å²) in [4.78, 5) is 0. The molecule has 1 N–H and O–H groups in total. The zero-order chi connectivity index (χ0) is 14.9. The molecule has 1 aliphatic rings. The molecule has 1 atom stereocenters. The predicted molar refractivity (Wildman–Crippen MR) is 90.0 cm³/mol. The number of hydrogen-bond donors (Lipinski definition) is 1. The Morgan fingerprint density at radius 1 is 1.00 bits per heavy atom. The number of nitrogens with one attached hydrogen (secondary N) is 1. The van der Waals surface area contributed by atoms with E-state index in [9.17, 15) is 0 Å². The monoisotopic (exact) mass is 285 g/mol. The maximum absolute atomic E-state index is 3.84. The third-order valence-electron chi connectivity index (χ3n) is 4.31. The lowest BCUT2D eigenvalue weighted by atomic mass is 9.69. The van der Waals surface area contributed by atoms with E-state index in [1.165, 1.54) is 25.0 Å². The highest BCUT2D eigenvalue weighted by molar-refractivity contribution is 8.00. The molecule has 19 heavy (non-hydrogen) atoms. The molecular formula is C17H35NS. The third-order valence-corrected chi connectivity index (χ3v) is 5.87. The lowest BCUT2D eigenvalue weighted by Gasteiger charge is -2.55. The van der Waals surface area contributed by atoms with E-state index in [2.05, 4.69) is 72.5 Å². The molecule has 1 rings (SSSR count). The highest BCUT2D eigenvalue weighted by atomic mass is 32.2. The molecule has 1 fully saturated rings. The zero-order valence-corrected chi connectivity index (χ0v) is 15.2. The second kappa shape index (κ2) is 5.97. The van der Waals surface area contributed by atoms with E-state index in [4.69, 9.17) is 0 Å². The first kappa shape index (κ1) is 17.4. The van der Waals surface area contributed by atoms with Gasteiger partial charge in [0.25, 0.3) is 0 Å². The van der Waals surface area contributed by atoms with Crippen molar-refractivity contribution in [3.63, 3.8) is 0 Å². The predicted octanol–water partition coefficient (Wildman–Crippen LogP) is 5.10. The van der Waals surface area contributed by atoms with Crippen LogP contribution in [0.1, 0.15) is 74.7 Å². The summed E-state index contributed by atoms with van der Waals surface area (Å²) >= 11 is 2.21. The maximum atomic E-state index is 3.84. The molecule has 1 nitrogen and oxygen atoms in total. The molecule has 0 amide bonds. The van der Waals surface area contributed by atoms with E-state index in [0.29, 0.717) is 4.75 Å². The van der Waals surface area contributed by atoms with Gasteiger partial charge in [0.1, 0.15) is 0 Å². The zero-order valence-electron chi connectivity index (χ0n) is 14.4. The van der Waals surface area contributed by atoms with Gasteiger partial charge in [0.05, 0.1) is 0 Å². The van der Waals surface area contributed by atoms with Gasteiger partial charge in [-0.05, 0) is 64.5 Å². The number of hydrogen-bond acceptors (Lipinski definition) is 2. The summed E-state index contributed by atoms with van der Waals surface area (Å²) in [6.07, 6.45) is 3.92. The molecule has 0 saturated carbocycles. The van der Waals surface area contributed by atoms with Crippen molar-refractivity contribution >= 4 is 11.8 Å². The van der Waals surface area contributed by atoms with E-state index in [-0.39, 0.29) is 11.1 Å². The molecule has 0 aromatic rings. The highest BCUT2D eigenvalue weighted by Crippen LogP contribution is 2.50. The van der Waals surface area contributed by atoms with Crippen LogP contribution in [-0.2, 0) is 0 Å². The molecule has 1 heterocycles. The largest absolute Gasteiger partial charge is 0.307 e. The van der Waals surface area contributed by atoms with Crippen LogP contribution in [0.5, 0.6) is 0 Å². The molecule has 0 aliphatic carbocycles. The minimum atomic E-state index is 0.245. The average molecular weight is 286 g/mol. The molecule has 114 valence electrons. The summed E-state index contributed by atoms with van der Waals surface area (Å²) in [6.45, 7) is 19.0. The minimum Gasteiger partial charge on any atom is -0.307 e. The minimum absolute atomic E-state index is 0.245.